The van der Waals surface area contributed by atoms with Gasteiger partial charge in [0.25, 0.3) is 0 Å². The van der Waals surface area contributed by atoms with Crippen molar-refractivity contribution >= 4 is 54.5 Å². The summed E-state index contributed by atoms with van der Waals surface area (Å²) in [6.45, 7) is 0. The summed E-state index contributed by atoms with van der Waals surface area (Å²) in [4.78, 5) is 15.9. The number of hydrogen-bond acceptors (Lipinski definition) is 3. The van der Waals surface area contributed by atoms with Crippen LogP contribution in [0.1, 0.15) is 0 Å². The number of fused-ring (bicyclic) bond motifs is 8. The Kier molecular flexibility index (Phi) is 6.79. The number of pyridine rings is 1. The fourth-order valence-electron chi connectivity index (χ4n) is 8.15. The van der Waals surface area contributed by atoms with E-state index in [-0.39, 0.29) is 0 Å². The third kappa shape index (κ3) is 4.69. The monoisotopic (exact) mass is 689 g/mol. The van der Waals surface area contributed by atoms with Crippen molar-refractivity contribution in [2.75, 3.05) is 0 Å². The Morgan fingerprint density at radius 1 is 0.333 bits per heavy atom. The minimum atomic E-state index is 0.645. The van der Waals surface area contributed by atoms with Crippen LogP contribution in [-0.4, -0.2) is 24.1 Å². The van der Waals surface area contributed by atoms with Gasteiger partial charge in [-0.2, -0.15) is 0 Å². The van der Waals surface area contributed by atoms with E-state index in [0.717, 1.165) is 77.8 Å². The van der Waals surface area contributed by atoms with Crippen LogP contribution >= 0.6 is 0 Å². The van der Waals surface area contributed by atoms with Crippen molar-refractivity contribution in [2.24, 2.45) is 0 Å². The van der Waals surface area contributed by atoms with Gasteiger partial charge < -0.3 is 0 Å². The molecule has 0 radical (unpaired) electrons. The molecular formula is C49H31N5. The minimum absolute atomic E-state index is 0.645. The summed E-state index contributed by atoms with van der Waals surface area (Å²) in [6.07, 6.45) is 0. The van der Waals surface area contributed by atoms with Crippen molar-refractivity contribution < 1.29 is 0 Å². The average Bonchev–Trinajstić information content (AvgIpc) is 3.77. The molecule has 11 rings (SSSR count). The predicted molar refractivity (Wildman–Crippen MR) is 222 cm³/mol. The van der Waals surface area contributed by atoms with Crippen molar-refractivity contribution in [3.63, 3.8) is 0 Å². The second-order valence-electron chi connectivity index (χ2n) is 13.6. The van der Waals surface area contributed by atoms with Crippen LogP contribution in [0.5, 0.6) is 0 Å². The molecule has 0 unspecified atom stereocenters. The minimum Gasteiger partial charge on any atom is -0.294 e. The van der Waals surface area contributed by atoms with Crippen molar-refractivity contribution in [2.45, 2.75) is 0 Å². The summed E-state index contributed by atoms with van der Waals surface area (Å²) in [5.74, 6) is 1.52. The van der Waals surface area contributed by atoms with Crippen LogP contribution in [0.25, 0.3) is 99.9 Å². The van der Waals surface area contributed by atoms with Gasteiger partial charge in [-0.05, 0) is 53.6 Å². The highest BCUT2D eigenvalue weighted by Gasteiger charge is 2.23. The van der Waals surface area contributed by atoms with Gasteiger partial charge in [0.15, 0.2) is 0 Å². The van der Waals surface area contributed by atoms with Crippen LogP contribution in [-0.2, 0) is 0 Å². The Hall–Kier alpha value is -7.37. The highest BCUT2D eigenvalue weighted by molar-refractivity contribution is 6.28. The van der Waals surface area contributed by atoms with Crippen LogP contribution in [0.4, 0.5) is 0 Å². The summed E-state index contributed by atoms with van der Waals surface area (Å²) in [5.41, 5.74) is 11.4. The first-order valence-corrected chi connectivity index (χ1v) is 18.2. The number of aromatic nitrogens is 5. The third-order valence-electron chi connectivity index (χ3n) is 10.5. The first kappa shape index (κ1) is 30.3. The molecule has 11 aromatic rings. The second kappa shape index (κ2) is 12.1. The normalized spacial score (nSPS) is 11.7. The van der Waals surface area contributed by atoms with Gasteiger partial charge in [-0.15, -0.1) is 0 Å². The number of nitrogens with zero attached hydrogens (tertiary/aromatic N) is 5. The molecule has 0 saturated carbocycles. The Morgan fingerprint density at radius 3 is 1.52 bits per heavy atom. The lowest BCUT2D eigenvalue weighted by atomic mass is 10.0. The van der Waals surface area contributed by atoms with E-state index in [1.165, 1.54) is 16.2 Å². The zero-order valence-electron chi connectivity index (χ0n) is 29.1. The number of hydrogen-bond donors (Lipinski definition) is 0. The van der Waals surface area contributed by atoms with E-state index in [2.05, 4.69) is 179 Å². The molecule has 0 saturated heterocycles. The largest absolute Gasteiger partial charge is 0.294 e. The third-order valence-corrected chi connectivity index (χ3v) is 10.5. The smallest absolute Gasteiger partial charge is 0.235 e. The fourth-order valence-corrected chi connectivity index (χ4v) is 8.15. The van der Waals surface area contributed by atoms with Crippen LogP contribution in [0.3, 0.4) is 0 Å². The Labute approximate surface area is 311 Å². The van der Waals surface area contributed by atoms with Gasteiger partial charge in [-0.1, -0.05) is 146 Å². The summed E-state index contributed by atoms with van der Waals surface area (Å²) in [7, 11) is 0. The number of benzene rings is 7. The number of para-hydroxylation sites is 3. The van der Waals surface area contributed by atoms with Crippen LogP contribution in [0, 0.1) is 0 Å². The van der Waals surface area contributed by atoms with E-state index in [4.69, 9.17) is 15.0 Å². The Bertz CT molecular complexity index is 3140. The van der Waals surface area contributed by atoms with Crippen molar-refractivity contribution in [1.82, 2.24) is 24.1 Å². The molecule has 0 bridgehead atoms. The van der Waals surface area contributed by atoms with Crippen molar-refractivity contribution in [1.29, 1.82) is 0 Å². The molecule has 4 aromatic heterocycles. The average molecular weight is 690 g/mol. The molecule has 5 nitrogen and oxygen atoms in total. The van der Waals surface area contributed by atoms with Crippen LogP contribution in [0.2, 0.25) is 0 Å². The van der Waals surface area contributed by atoms with E-state index in [9.17, 15) is 0 Å². The lowest BCUT2D eigenvalue weighted by Gasteiger charge is -2.13. The topological polar surface area (TPSA) is 48.5 Å². The predicted octanol–water partition coefficient (Wildman–Crippen LogP) is 12.2. The fraction of sp³-hybridized carbons (Fsp3) is 0. The molecule has 0 fully saturated rings. The molecule has 5 heteroatoms. The van der Waals surface area contributed by atoms with Gasteiger partial charge in [-0.3, -0.25) is 9.13 Å². The summed E-state index contributed by atoms with van der Waals surface area (Å²) in [5, 5.41) is 5.68. The van der Waals surface area contributed by atoms with E-state index in [0.29, 0.717) is 5.95 Å². The Balaban J connectivity index is 1.23. The van der Waals surface area contributed by atoms with E-state index in [1.54, 1.807) is 0 Å². The highest BCUT2D eigenvalue weighted by atomic mass is 15.2. The van der Waals surface area contributed by atoms with Gasteiger partial charge in [0.2, 0.25) is 5.95 Å². The molecule has 7 aromatic carbocycles. The summed E-state index contributed by atoms with van der Waals surface area (Å²) in [6, 6.07) is 65.9. The molecule has 0 aliphatic heterocycles. The molecule has 0 aliphatic rings. The van der Waals surface area contributed by atoms with Crippen LogP contribution in [0.15, 0.2) is 188 Å². The van der Waals surface area contributed by atoms with Crippen LogP contribution < -0.4 is 0 Å². The number of rotatable bonds is 5. The van der Waals surface area contributed by atoms with Crippen molar-refractivity contribution in [3.8, 4) is 45.4 Å². The Morgan fingerprint density at radius 2 is 0.852 bits per heavy atom. The van der Waals surface area contributed by atoms with Crippen molar-refractivity contribution in [3.05, 3.63) is 188 Å². The quantitative estimate of drug-likeness (QED) is 0.181. The van der Waals surface area contributed by atoms with E-state index in [1.807, 2.05) is 18.2 Å². The maximum Gasteiger partial charge on any atom is 0.235 e. The molecule has 0 spiro atoms. The highest BCUT2D eigenvalue weighted by Crippen LogP contribution is 2.43. The standard InChI is InChI=1S/C49H31N5/c1-4-16-32(17-5-1)35-30-40(33-18-6-2-7-19-33)50-45(31-35)53-41-26-14-11-23-37(41)46-43(53)28-29-44-47(46)38-24-12-15-27-42(38)54(44)49-51-39-25-13-10-22-36(39)48(52-49)34-20-8-3-9-21-34/h1-31H. The first-order chi connectivity index (χ1) is 26.8. The first-order valence-electron chi connectivity index (χ1n) is 18.2. The lowest BCUT2D eigenvalue weighted by Crippen LogP contribution is -2.03. The van der Waals surface area contributed by atoms with Gasteiger partial charge in [0.05, 0.1) is 39.0 Å². The lowest BCUT2D eigenvalue weighted by molar-refractivity contribution is 1.01. The molecule has 0 atom stereocenters. The molecule has 252 valence electrons. The van der Waals surface area contributed by atoms with Gasteiger partial charge >= 0.3 is 0 Å². The van der Waals surface area contributed by atoms with Gasteiger partial charge in [-0.25, -0.2) is 15.0 Å². The molecule has 0 aliphatic carbocycles. The molecule has 0 N–H and O–H groups in total. The van der Waals surface area contributed by atoms with E-state index >= 15 is 0 Å². The maximum atomic E-state index is 5.37. The molecule has 4 heterocycles. The maximum absolute atomic E-state index is 5.37. The van der Waals surface area contributed by atoms with E-state index < -0.39 is 0 Å². The SMILES string of the molecule is c1ccc(-c2cc(-c3ccccc3)nc(-n3c4ccccc4c4c5c6ccccc6n(-c6nc(-c7ccccc7)c7ccccc7n6)c5ccc43)c2)cc1. The zero-order valence-corrected chi connectivity index (χ0v) is 29.1. The molecule has 0 amide bonds. The van der Waals surface area contributed by atoms with Gasteiger partial charge in [0, 0.05) is 38.1 Å². The second-order valence-corrected chi connectivity index (χ2v) is 13.6. The van der Waals surface area contributed by atoms with Gasteiger partial charge in [0.1, 0.15) is 5.82 Å². The zero-order chi connectivity index (χ0) is 35.6. The summed E-state index contributed by atoms with van der Waals surface area (Å²) >= 11 is 0. The molecule has 54 heavy (non-hydrogen) atoms. The molecular weight excluding hydrogens is 659 g/mol. The summed E-state index contributed by atoms with van der Waals surface area (Å²) < 4.78 is 4.56.